The molecule has 2 saturated heterocycles. The Balaban J connectivity index is 1.76. The van der Waals surface area contributed by atoms with Crippen molar-refractivity contribution in [3.8, 4) is 0 Å². The van der Waals surface area contributed by atoms with Crippen molar-refractivity contribution in [2.24, 2.45) is 0 Å². The number of aromatic nitrogens is 2. The summed E-state index contributed by atoms with van der Waals surface area (Å²) in [5.41, 5.74) is 2.13. The highest BCUT2D eigenvalue weighted by atomic mass is 16.5. The van der Waals surface area contributed by atoms with Crippen LogP contribution >= 0.6 is 0 Å². The summed E-state index contributed by atoms with van der Waals surface area (Å²) in [5, 5.41) is 3.46. The normalized spacial score (nSPS) is 30.1. The molecule has 1 N–H and O–H groups in total. The number of anilines is 1. The lowest BCUT2D eigenvalue weighted by atomic mass is 9.96. The van der Waals surface area contributed by atoms with E-state index in [-0.39, 0.29) is 0 Å². The molecule has 2 bridgehead atoms. The quantitative estimate of drug-likeness (QED) is 0.892. The Morgan fingerprint density at radius 2 is 2.17 bits per heavy atom. The van der Waals surface area contributed by atoms with Crippen molar-refractivity contribution >= 4 is 5.95 Å². The first-order chi connectivity index (χ1) is 8.61. The van der Waals surface area contributed by atoms with Crippen LogP contribution in [0.15, 0.2) is 6.07 Å². The summed E-state index contributed by atoms with van der Waals surface area (Å²) < 4.78 is 5.85. The van der Waals surface area contributed by atoms with Gasteiger partial charge >= 0.3 is 0 Å². The van der Waals surface area contributed by atoms with Crippen LogP contribution in [-0.4, -0.2) is 28.2 Å². The maximum absolute atomic E-state index is 5.85. The molecule has 0 amide bonds. The maximum Gasteiger partial charge on any atom is 0.223 e. The van der Waals surface area contributed by atoms with E-state index in [4.69, 9.17) is 4.74 Å². The topological polar surface area (TPSA) is 47.0 Å². The molecule has 0 radical (unpaired) electrons. The van der Waals surface area contributed by atoms with Crippen LogP contribution in [0.25, 0.3) is 0 Å². The minimum absolute atomic E-state index is 0.363. The second-order valence-corrected chi connectivity index (χ2v) is 5.77. The molecule has 2 fully saturated rings. The van der Waals surface area contributed by atoms with Crippen molar-refractivity contribution in [3.05, 3.63) is 17.5 Å². The van der Waals surface area contributed by atoms with Crippen LogP contribution in [0.5, 0.6) is 0 Å². The first kappa shape index (κ1) is 11.9. The average molecular weight is 247 g/mol. The van der Waals surface area contributed by atoms with Crippen LogP contribution in [-0.2, 0) is 4.74 Å². The zero-order valence-corrected chi connectivity index (χ0v) is 11.3. The second-order valence-electron chi connectivity index (χ2n) is 5.77. The van der Waals surface area contributed by atoms with Crippen molar-refractivity contribution < 1.29 is 4.74 Å². The van der Waals surface area contributed by atoms with Crippen LogP contribution in [0.4, 0.5) is 5.95 Å². The van der Waals surface area contributed by atoms with Gasteiger partial charge in [0.05, 0.1) is 18.2 Å². The Morgan fingerprint density at radius 3 is 2.78 bits per heavy atom. The highest BCUT2D eigenvalue weighted by Crippen LogP contribution is 2.35. The van der Waals surface area contributed by atoms with Crippen LogP contribution in [0.1, 0.15) is 50.4 Å². The lowest BCUT2D eigenvalue weighted by molar-refractivity contribution is 0.102. The summed E-state index contributed by atoms with van der Waals surface area (Å²) >= 11 is 0. The summed E-state index contributed by atoms with van der Waals surface area (Å²) in [4.78, 5) is 9.09. The molecule has 98 valence electrons. The summed E-state index contributed by atoms with van der Waals surface area (Å²) in [5.74, 6) is 1.20. The minimum Gasteiger partial charge on any atom is -0.373 e. The van der Waals surface area contributed by atoms with Crippen molar-refractivity contribution in [1.82, 2.24) is 9.97 Å². The Morgan fingerprint density at radius 1 is 1.33 bits per heavy atom. The zero-order valence-electron chi connectivity index (χ0n) is 11.3. The van der Waals surface area contributed by atoms with Crippen LogP contribution in [0.2, 0.25) is 0 Å². The fourth-order valence-electron chi connectivity index (χ4n) is 2.91. The van der Waals surface area contributed by atoms with E-state index < -0.39 is 0 Å². The molecule has 1 aromatic rings. The first-order valence-electron chi connectivity index (χ1n) is 6.89. The van der Waals surface area contributed by atoms with E-state index in [0.717, 1.165) is 23.8 Å². The van der Waals surface area contributed by atoms with Crippen LogP contribution in [0, 0.1) is 6.92 Å². The van der Waals surface area contributed by atoms with E-state index in [0.29, 0.717) is 24.2 Å². The van der Waals surface area contributed by atoms with Gasteiger partial charge in [0, 0.05) is 11.4 Å². The van der Waals surface area contributed by atoms with E-state index in [1.54, 1.807) is 0 Å². The number of nitrogens with one attached hydrogen (secondary N) is 1. The van der Waals surface area contributed by atoms with Gasteiger partial charge in [-0.15, -0.1) is 0 Å². The Bertz CT molecular complexity index is 447. The molecular weight excluding hydrogens is 226 g/mol. The van der Waals surface area contributed by atoms with Crippen molar-refractivity contribution in [3.63, 3.8) is 0 Å². The molecule has 0 saturated carbocycles. The van der Waals surface area contributed by atoms with Crippen molar-refractivity contribution in [1.29, 1.82) is 0 Å². The zero-order chi connectivity index (χ0) is 12.7. The summed E-state index contributed by atoms with van der Waals surface area (Å²) in [7, 11) is 0. The number of fused-ring (bicyclic) bond motifs is 2. The van der Waals surface area contributed by atoms with Gasteiger partial charge in [-0.1, -0.05) is 13.8 Å². The van der Waals surface area contributed by atoms with Gasteiger partial charge in [0.2, 0.25) is 5.95 Å². The van der Waals surface area contributed by atoms with E-state index >= 15 is 0 Å². The van der Waals surface area contributed by atoms with E-state index in [9.17, 15) is 0 Å². The maximum atomic E-state index is 5.85. The smallest absolute Gasteiger partial charge is 0.223 e. The van der Waals surface area contributed by atoms with Gasteiger partial charge in [0.1, 0.15) is 0 Å². The van der Waals surface area contributed by atoms with E-state index in [1.807, 2.05) is 6.92 Å². The SMILES string of the molecule is Cc1cc(C(C)C)nc(NC2CC3CCC2O3)n1. The number of nitrogens with zero attached hydrogens (tertiary/aromatic N) is 2. The first-order valence-corrected chi connectivity index (χ1v) is 6.89. The number of hydrogen-bond donors (Lipinski definition) is 1. The molecule has 18 heavy (non-hydrogen) atoms. The highest BCUT2D eigenvalue weighted by Gasteiger charge is 2.41. The third-order valence-corrected chi connectivity index (χ3v) is 3.89. The third-order valence-electron chi connectivity index (χ3n) is 3.89. The van der Waals surface area contributed by atoms with Gasteiger partial charge in [-0.2, -0.15) is 0 Å². The molecule has 3 rings (SSSR count). The Kier molecular flexibility index (Phi) is 2.98. The average Bonchev–Trinajstić information content (AvgIpc) is 2.90. The molecule has 2 aliphatic rings. The van der Waals surface area contributed by atoms with Gasteiger partial charge < -0.3 is 10.1 Å². The molecule has 4 nitrogen and oxygen atoms in total. The molecular formula is C14H21N3O. The number of ether oxygens (including phenoxy) is 1. The second kappa shape index (κ2) is 4.50. The Hall–Kier alpha value is -1.16. The van der Waals surface area contributed by atoms with Crippen molar-refractivity contribution in [2.75, 3.05) is 5.32 Å². The van der Waals surface area contributed by atoms with E-state index in [2.05, 4.69) is 35.2 Å². The largest absolute Gasteiger partial charge is 0.373 e. The van der Waals surface area contributed by atoms with Crippen LogP contribution < -0.4 is 5.32 Å². The summed E-state index contributed by atoms with van der Waals surface area (Å²) in [6.45, 7) is 6.34. The molecule has 3 atom stereocenters. The highest BCUT2D eigenvalue weighted by molar-refractivity contribution is 5.31. The van der Waals surface area contributed by atoms with Gasteiger partial charge in [-0.05, 0) is 38.2 Å². The predicted molar refractivity (Wildman–Crippen MR) is 70.8 cm³/mol. The molecule has 0 spiro atoms. The van der Waals surface area contributed by atoms with Crippen LogP contribution in [0.3, 0.4) is 0 Å². The van der Waals surface area contributed by atoms with Gasteiger partial charge in [0.25, 0.3) is 0 Å². The monoisotopic (exact) mass is 247 g/mol. The fraction of sp³-hybridized carbons (Fsp3) is 0.714. The summed E-state index contributed by atoms with van der Waals surface area (Å²) in [6, 6.07) is 2.46. The minimum atomic E-state index is 0.363. The van der Waals surface area contributed by atoms with Gasteiger partial charge in [0.15, 0.2) is 0 Å². The number of aryl methyl sites for hydroxylation is 1. The number of rotatable bonds is 3. The van der Waals surface area contributed by atoms with E-state index in [1.165, 1.54) is 12.8 Å². The van der Waals surface area contributed by atoms with Crippen molar-refractivity contribution in [2.45, 2.75) is 64.2 Å². The molecule has 4 heteroatoms. The Labute approximate surface area is 108 Å². The third kappa shape index (κ3) is 2.21. The number of hydrogen-bond acceptors (Lipinski definition) is 4. The molecule has 1 aromatic heterocycles. The lowest BCUT2D eigenvalue weighted by Crippen LogP contribution is -2.31. The van der Waals surface area contributed by atoms with Gasteiger partial charge in [-0.3, -0.25) is 0 Å². The lowest BCUT2D eigenvalue weighted by Gasteiger charge is -2.20. The molecule has 3 unspecified atom stereocenters. The predicted octanol–water partition coefficient (Wildman–Crippen LogP) is 2.64. The molecule has 3 heterocycles. The fourth-order valence-corrected chi connectivity index (χ4v) is 2.91. The standard InChI is InChI=1S/C14H21N3O/c1-8(2)11-6-9(3)15-14(16-11)17-12-7-10-4-5-13(12)18-10/h6,8,10,12-13H,4-5,7H2,1-3H3,(H,15,16,17). The molecule has 0 aliphatic carbocycles. The molecule has 0 aromatic carbocycles. The molecule has 2 aliphatic heterocycles. The summed E-state index contributed by atoms with van der Waals surface area (Å²) in [6.07, 6.45) is 4.31. The van der Waals surface area contributed by atoms with Gasteiger partial charge in [-0.25, -0.2) is 9.97 Å².